The lowest BCUT2D eigenvalue weighted by Gasteiger charge is -2.38. The number of ether oxygens (including phenoxy) is 1. The number of benzene rings is 1. The second-order valence-corrected chi connectivity index (χ2v) is 7.80. The lowest BCUT2D eigenvalue weighted by Crippen LogP contribution is -2.40. The van der Waals surface area contributed by atoms with Crippen LogP contribution in [-0.2, 0) is 0 Å². The minimum atomic E-state index is -0.757. The van der Waals surface area contributed by atoms with Crippen LogP contribution in [-0.4, -0.2) is 17.1 Å². The summed E-state index contributed by atoms with van der Waals surface area (Å²) in [6.07, 6.45) is 6.28. The minimum Gasteiger partial charge on any atom is -0.493 e. The molecule has 0 heterocycles. The summed E-state index contributed by atoms with van der Waals surface area (Å²) in [4.78, 5) is 0. The Morgan fingerprint density at radius 2 is 2.05 bits per heavy atom. The predicted octanol–water partition coefficient (Wildman–Crippen LogP) is 5.92. The Kier molecular flexibility index (Phi) is 6.53. The fourth-order valence-electron chi connectivity index (χ4n) is 3.06. The van der Waals surface area contributed by atoms with Gasteiger partial charge in [-0.2, -0.15) is 0 Å². The van der Waals surface area contributed by atoms with Gasteiger partial charge in [0.15, 0.2) is 0 Å². The van der Waals surface area contributed by atoms with E-state index in [4.69, 9.17) is 4.74 Å². The van der Waals surface area contributed by atoms with Crippen molar-refractivity contribution in [1.29, 1.82) is 0 Å². The standard InChI is InChI=1S/C18H26BrFO/c1-2-3-7-11-18(19)12-10-15(13-17(18)20)14-21-16-8-5-4-6-9-16/h4-6,8-9,15,17H,2-3,7,10-14H2,1H3/t15-,17?,18+/m1/s1. The zero-order valence-electron chi connectivity index (χ0n) is 12.9. The molecule has 0 saturated heterocycles. The van der Waals surface area contributed by atoms with Crippen molar-refractivity contribution in [2.75, 3.05) is 6.61 Å². The van der Waals surface area contributed by atoms with E-state index in [0.717, 1.165) is 31.4 Å². The Hall–Kier alpha value is -0.570. The molecular weight excluding hydrogens is 331 g/mol. The molecule has 1 fully saturated rings. The van der Waals surface area contributed by atoms with Gasteiger partial charge in [0.05, 0.1) is 10.9 Å². The van der Waals surface area contributed by atoms with Crippen LogP contribution >= 0.6 is 15.9 Å². The lowest BCUT2D eigenvalue weighted by molar-refractivity contribution is 0.113. The fourth-order valence-corrected chi connectivity index (χ4v) is 3.75. The first-order valence-corrected chi connectivity index (χ1v) is 8.94. The van der Waals surface area contributed by atoms with Gasteiger partial charge in [0.25, 0.3) is 0 Å². The smallest absolute Gasteiger partial charge is 0.119 e. The van der Waals surface area contributed by atoms with Crippen LogP contribution in [0.15, 0.2) is 30.3 Å². The van der Waals surface area contributed by atoms with Crippen molar-refractivity contribution in [3.63, 3.8) is 0 Å². The number of alkyl halides is 2. The van der Waals surface area contributed by atoms with Crippen molar-refractivity contribution in [3.05, 3.63) is 30.3 Å². The molecule has 1 aliphatic rings. The quantitative estimate of drug-likeness (QED) is 0.435. The van der Waals surface area contributed by atoms with Crippen molar-refractivity contribution in [1.82, 2.24) is 0 Å². The predicted molar refractivity (Wildman–Crippen MR) is 90.0 cm³/mol. The molecule has 0 bridgehead atoms. The zero-order chi connectivity index (χ0) is 15.1. The Labute approximate surface area is 136 Å². The molecule has 3 atom stereocenters. The molecular formula is C18H26BrFO. The van der Waals surface area contributed by atoms with Crippen molar-refractivity contribution < 1.29 is 9.13 Å². The summed E-state index contributed by atoms with van der Waals surface area (Å²) < 4.78 is 20.0. The lowest BCUT2D eigenvalue weighted by atomic mass is 9.78. The van der Waals surface area contributed by atoms with Gasteiger partial charge in [-0.3, -0.25) is 0 Å². The van der Waals surface area contributed by atoms with Gasteiger partial charge in [-0.15, -0.1) is 0 Å². The summed E-state index contributed by atoms with van der Waals surface area (Å²) >= 11 is 3.70. The van der Waals surface area contributed by atoms with Gasteiger partial charge in [-0.05, 0) is 43.7 Å². The number of hydrogen-bond acceptors (Lipinski definition) is 1. The van der Waals surface area contributed by atoms with Gasteiger partial charge in [-0.25, -0.2) is 4.39 Å². The Morgan fingerprint density at radius 3 is 2.71 bits per heavy atom. The van der Waals surface area contributed by atoms with E-state index in [-0.39, 0.29) is 4.32 Å². The minimum absolute atomic E-state index is 0.286. The molecule has 21 heavy (non-hydrogen) atoms. The van der Waals surface area contributed by atoms with E-state index in [9.17, 15) is 4.39 Å². The topological polar surface area (TPSA) is 9.23 Å². The molecule has 1 saturated carbocycles. The fraction of sp³-hybridized carbons (Fsp3) is 0.667. The third-order valence-corrected chi connectivity index (χ3v) is 5.78. The highest BCUT2D eigenvalue weighted by atomic mass is 79.9. The molecule has 2 rings (SSSR count). The molecule has 1 aliphatic carbocycles. The summed E-state index contributed by atoms with van der Waals surface area (Å²) in [6, 6.07) is 9.81. The maximum absolute atomic E-state index is 14.5. The third-order valence-electron chi connectivity index (χ3n) is 4.49. The Balaban J connectivity index is 1.77. The number of halogens is 2. The average Bonchev–Trinajstić information content (AvgIpc) is 2.50. The molecule has 1 aromatic rings. The summed E-state index contributed by atoms with van der Waals surface area (Å²) in [5.41, 5.74) is 0. The van der Waals surface area contributed by atoms with E-state index in [1.807, 2.05) is 30.3 Å². The van der Waals surface area contributed by atoms with Crippen LogP contribution in [0.2, 0.25) is 0 Å². The van der Waals surface area contributed by atoms with Crippen LogP contribution in [0.3, 0.4) is 0 Å². The SMILES string of the molecule is CCCCC[C@]1(Br)CC[C@@H](COc2ccccc2)CC1F. The van der Waals surface area contributed by atoms with Gasteiger partial charge in [0, 0.05) is 0 Å². The van der Waals surface area contributed by atoms with E-state index >= 15 is 0 Å². The third kappa shape index (κ3) is 4.98. The molecule has 0 aromatic heterocycles. The first-order valence-electron chi connectivity index (χ1n) is 8.15. The van der Waals surface area contributed by atoms with Crippen LogP contribution in [0.25, 0.3) is 0 Å². The first kappa shape index (κ1) is 16.8. The van der Waals surface area contributed by atoms with Crippen LogP contribution < -0.4 is 4.74 Å². The molecule has 0 spiro atoms. The highest BCUT2D eigenvalue weighted by Gasteiger charge is 2.41. The summed E-state index contributed by atoms with van der Waals surface area (Å²) in [5.74, 6) is 1.21. The van der Waals surface area contributed by atoms with Gasteiger partial charge >= 0.3 is 0 Å². The Bertz CT molecular complexity index is 411. The molecule has 118 valence electrons. The highest BCUT2D eigenvalue weighted by Crippen LogP contribution is 2.44. The van der Waals surface area contributed by atoms with E-state index in [1.165, 1.54) is 12.8 Å². The first-order chi connectivity index (χ1) is 10.1. The largest absolute Gasteiger partial charge is 0.493 e. The van der Waals surface area contributed by atoms with Crippen molar-refractivity contribution in [3.8, 4) is 5.75 Å². The zero-order valence-corrected chi connectivity index (χ0v) is 14.4. The Morgan fingerprint density at radius 1 is 1.29 bits per heavy atom. The van der Waals surface area contributed by atoms with Gasteiger partial charge < -0.3 is 4.74 Å². The van der Waals surface area contributed by atoms with Gasteiger partial charge in [0.1, 0.15) is 11.9 Å². The molecule has 0 amide bonds. The van der Waals surface area contributed by atoms with Gasteiger partial charge in [0.2, 0.25) is 0 Å². The van der Waals surface area contributed by atoms with Crippen molar-refractivity contribution in [2.45, 2.75) is 62.4 Å². The molecule has 0 radical (unpaired) electrons. The molecule has 3 heteroatoms. The average molecular weight is 357 g/mol. The second-order valence-electron chi connectivity index (χ2n) is 6.22. The monoisotopic (exact) mass is 356 g/mol. The van der Waals surface area contributed by atoms with E-state index < -0.39 is 6.17 Å². The molecule has 1 aromatic carbocycles. The van der Waals surface area contributed by atoms with Crippen molar-refractivity contribution >= 4 is 15.9 Å². The van der Waals surface area contributed by atoms with E-state index in [0.29, 0.717) is 18.9 Å². The highest BCUT2D eigenvalue weighted by molar-refractivity contribution is 9.10. The maximum Gasteiger partial charge on any atom is 0.119 e. The second kappa shape index (κ2) is 8.17. The van der Waals surface area contributed by atoms with Crippen LogP contribution in [0.4, 0.5) is 4.39 Å². The normalized spacial score (nSPS) is 29.3. The molecule has 0 aliphatic heterocycles. The number of hydrogen-bond donors (Lipinski definition) is 0. The maximum atomic E-state index is 14.5. The van der Waals surface area contributed by atoms with Crippen molar-refractivity contribution in [2.24, 2.45) is 5.92 Å². The molecule has 0 N–H and O–H groups in total. The van der Waals surface area contributed by atoms with E-state index in [2.05, 4.69) is 22.9 Å². The number of para-hydroxylation sites is 1. The number of rotatable bonds is 7. The summed E-state index contributed by atoms with van der Waals surface area (Å²) in [6.45, 7) is 2.81. The number of unbranched alkanes of at least 4 members (excludes halogenated alkanes) is 2. The summed E-state index contributed by atoms with van der Waals surface area (Å²) in [5, 5.41) is 0. The van der Waals surface area contributed by atoms with E-state index in [1.54, 1.807) is 0 Å². The van der Waals surface area contributed by atoms with Crippen LogP contribution in [0, 0.1) is 5.92 Å². The van der Waals surface area contributed by atoms with Crippen LogP contribution in [0.1, 0.15) is 51.9 Å². The molecule has 1 unspecified atom stereocenters. The van der Waals surface area contributed by atoms with Gasteiger partial charge in [-0.1, -0.05) is 60.3 Å². The summed E-state index contributed by atoms with van der Waals surface area (Å²) in [7, 11) is 0. The molecule has 1 nitrogen and oxygen atoms in total. The van der Waals surface area contributed by atoms with Crippen LogP contribution in [0.5, 0.6) is 5.75 Å².